The minimum Gasteiger partial charge on any atom is -0.475 e. The zero-order chi connectivity index (χ0) is 31.9. The Labute approximate surface area is 251 Å². The van der Waals surface area contributed by atoms with Gasteiger partial charge < -0.3 is 24.9 Å². The fraction of sp³-hybridized carbons (Fsp3) is 0.400. The molecule has 11 nitrogen and oxygen atoms in total. The molecule has 3 N–H and O–H groups in total. The minimum absolute atomic E-state index is 0.118. The molecule has 1 aliphatic heterocycles. The summed E-state index contributed by atoms with van der Waals surface area (Å²) in [7, 11) is 1.91. The number of allylic oxidation sites excluding steroid dienone is 2. The third-order valence-electron chi connectivity index (χ3n) is 7.49. The fourth-order valence-electron chi connectivity index (χ4n) is 5.24. The van der Waals surface area contributed by atoms with Gasteiger partial charge in [-0.3, -0.25) is 9.59 Å². The summed E-state index contributed by atoms with van der Waals surface area (Å²) in [5.74, 6) is -2.53. The number of benzene rings is 1. The Kier molecular flexibility index (Phi) is 10.2. The van der Waals surface area contributed by atoms with Gasteiger partial charge in [0, 0.05) is 37.6 Å². The zero-order valence-electron chi connectivity index (χ0n) is 24.0. The maximum Gasteiger partial charge on any atom is 0.490 e. The molecular formula is C30H32F3N7O4. The Morgan fingerprint density at radius 2 is 1.91 bits per heavy atom. The van der Waals surface area contributed by atoms with Gasteiger partial charge in [-0.05, 0) is 67.7 Å². The third-order valence-corrected chi connectivity index (χ3v) is 7.49. The largest absolute Gasteiger partial charge is 0.490 e. The molecule has 0 radical (unpaired) electrons. The number of carboxylic acids is 1. The van der Waals surface area contributed by atoms with Gasteiger partial charge in [0.1, 0.15) is 11.8 Å². The number of halogens is 3. The third kappa shape index (κ3) is 8.33. The van der Waals surface area contributed by atoms with E-state index in [1.54, 1.807) is 6.33 Å². The van der Waals surface area contributed by atoms with Crippen LogP contribution >= 0.6 is 0 Å². The number of nitrogens with zero attached hydrogens (tertiary/aromatic N) is 5. The number of piperidine rings is 1. The average Bonchev–Trinajstić information content (AvgIpc) is 3.66. The second-order valence-electron chi connectivity index (χ2n) is 10.7. The topological polar surface area (TPSA) is 157 Å². The number of likely N-dealkylation sites (tertiary alicyclic amines) is 1. The summed E-state index contributed by atoms with van der Waals surface area (Å²) in [5.41, 5.74) is 5.34. The summed E-state index contributed by atoms with van der Waals surface area (Å²) >= 11 is 0. The molecule has 1 aromatic carbocycles. The van der Waals surface area contributed by atoms with Crippen molar-refractivity contribution in [3.63, 3.8) is 0 Å². The van der Waals surface area contributed by atoms with Gasteiger partial charge in [-0.1, -0.05) is 12.1 Å². The Morgan fingerprint density at radius 1 is 1.18 bits per heavy atom. The highest BCUT2D eigenvalue weighted by atomic mass is 19.4. The van der Waals surface area contributed by atoms with Gasteiger partial charge >= 0.3 is 12.1 Å². The van der Waals surface area contributed by atoms with E-state index in [4.69, 9.17) is 15.2 Å². The number of aromatic amines is 1. The average molecular weight is 612 g/mol. The minimum atomic E-state index is -5.08. The van der Waals surface area contributed by atoms with Crippen LogP contribution < -0.4 is 5.32 Å². The lowest BCUT2D eigenvalue weighted by molar-refractivity contribution is -0.192. The van der Waals surface area contributed by atoms with Crippen LogP contribution in [0.5, 0.6) is 0 Å². The molecule has 2 aromatic heterocycles. The zero-order valence-corrected chi connectivity index (χ0v) is 24.0. The van der Waals surface area contributed by atoms with Crippen LogP contribution in [0.4, 0.5) is 18.9 Å². The number of rotatable bonds is 6. The Morgan fingerprint density at radius 3 is 2.48 bits per heavy atom. The van der Waals surface area contributed by atoms with E-state index in [0.29, 0.717) is 12.3 Å². The molecule has 2 amide bonds. The van der Waals surface area contributed by atoms with E-state index in [2.05, 4.69) is 38.5 Å². The number of amides is 2. The van der Waals surface area contributed by atoms with Crippen LogP contribution in [0.2, 0.25) is 0 Å². The number of aromatic nitrogens is 4. The van der Waals surface area contributed by atoms with Crippen molar-refractivity contribution >= 4 is 29.0 Å². The lowest BCUT2D eigenvalue weighted by Gasteiger charge is -2.32. The molecule has 2 aliphatic rings. The number of H-pyrrole nitrogens is 1. The summed E-state index contributed by atoms with van der Waals surface area (Å²) in [6.07, 6.45) is 8.63. The van der Waals surface area contributed by atoms with Crippen molar-refractivity contribution in [1.82, 2.24) is 24.4 Å². The quantitative estimate of drug-likeness (QED) is 0.361. The molecule has 0 spiro atoms. The lowest BCUT2D eigenvalue weighted by atomic mass is 9.85. The number of hydrogen-bond acceptors (Lipinski definition) is 6. The number of carbonyl (C=O) groups excluding carboxylic acids is 2. The first-order valence-electron chi connectivity index (χ1n) is 14.1. The van der Waals surface area contributed by atoms with Gasteiger partial charge in [-0.2, -0.15) is 18.4 Å². The van der Waals surface area contributed by atoms with E-state index >= 15 is 0 Å². The van der Waals surface area contributed by atoms with Gasteiger partial charge in [0.15, 0.2) is 5.82 Å². The van der Waals surface area contributed by atoms with E-state index in [0.717, 1.165) is 62.1 Å². The lowest BCUT2D eigenvalue weighted by Crippen LogP contribution is -2.38. The molecule has 5 rings (SSSR count). The van der Waals surface area contributed by atoms with Crippen molar-refractivity contribution in [3.8, 4) is 6.07 Å². The van der Waals surface area contributed by atoms with Gasteiger partial charge in [0.05, 0.1) is 24.6 Å². The molecule has 0 unspecified atom stereocenters. The predicted octanol–water partition coefficient (Wildman–Crippen LogP) is 4.81. The maximum atomic E-state index is 12.8. The molecule has 232 valence electrons. The standard InChI is InChI=1S/C28H31N7O2.C2HF3O2/c1-34-17-22(31-18-34)14-26(36)35-11-9-19(10-12-35)21-7-8-25(24(13-21)20-5-3-2-4-6-20)33-28(37)27-30-16-23(15-29)32-27;3-2(4,5)1(6)7/h5,7-8,13,16-19H,2-4,6,9-12,14H2,1H3,(H,30,32)(H,33,37);(H,6,7). The SMILES string of the molecule is Cn1cnc(CC(=O)N2CCC(c3ccc(NC(=O)c4ncc(C#N)[nH]4)c(C4=CCCCC4)c3)CC2)c1.O=C(O)C(F)(F)F. The Balaban J connectivity index is 0.000000566. The first-order chi connectivity index (χ1) is 20.9. The van der Waals surface area contributed by atoms with E-state index in [1.807, 2.05) is 34.8 Å². The van der Waals surface area contributed by atoms with E-state index in [-0.39, 0.29) is 23.3 Å². The molecule has 0 saturated carbocycles. The number of imidazole rings is 2. The van der Waals surface area contributed by atoms with Crippen LogP contribution in [0.15, 0.2) is 43.0 Å². The summed E-state index contributed by atoms with van der Waals surface area (Å²) < 4.78 is 33.6. The molecular weight excluding hydrogens is 579 g/mol. The molecule has 14 heteroatoms. The van der Waals surface area contributed by atoms with Crippen LogP contribution in [0, 0.1) is 11.3 Å². The maximum absolute atomic E-state index is 12.8. The van der Waals surface area contributed by atoms with E-state index < -0.39 is 12.1 Å². The van der Waals surface area contributed by atoms with Gasteiger partial charge in [0.2, 0.25) is 5.91 Å². The number of aliphatic carboxylic acids is 1. The molecule has 1 saturated heterocycles. The predicted molar refractivity (Wildman–Crippen MR) is 153 cm³/mol. The summed E-state index contributed by atoms with van der Waals surface area (Å²) in [5, 5.41) is 19.1. The number of carbonyl (C=O) groups is 3. The Hall–Kier alpha value is -4.93. The highest BCUT2D eigenvalue weighted by Crippen LogP contribution is 2.36. The van der Waals surface area contributed by atoms with Crippen LogP contribution in [0.1, 0.15) is 77.6 Å². The van der Waals surface area contributed by atoms with Crippen LogP contribution in [0.3, 0.4) is 0 Å². The highest BCUT2D eigenvalue weighted by molar-refractivity contribution is 6.03. The molecule has 1 fully saturated rings. The van der Waals surface area contributed by atoms with Crippen molar-refractivity contribution < 1.29 is 32.7 Å². The molecule has 3 heterocycles. The van der Waals surface area contributed by atoms with Crippen molar-refractivity contribution in [2.75, 3.05) is 18.4 Å². The molecule has 1 aliphatic carbocycles. The number of alkyl halides is 3. The number of aryl methyl sites for hydroxylation is 1. The smallest absolute Gasteiger partial charge is 0.475 e. The van der Waals surface area contributed by atoms with Gasteiger partial charge in [-0.15, -0.1) is 0 Å². The van der Waals surface area contributed by atoms with Crippen LogP contribution in [0.25, 0.3) is 5.57 Å². The normalized spacial score (nSPS) is 15.4. The van der Waals surface area contributed by atoms with Crippen LogP contribution in [-0.2, 0) is 23.1 Å². The van der Waals surface area contributed by atoms with Crippen molar-refractivity contribution in [2.45, 2.75) is 57.0 Å². The monoisotopic (exact) mass is 611 g/mol. The first kappa shape index (κ1) is 32.0. The number of nitrogens with one attached hydrogen (secondary N) is 2. The van der Waals surface area contributed by atoms with Gasteiger partial charge in [0.25, 0.3) is 5.91 Å². The number of anilines is 1. The molecule has 0 atom stereocenters. The first-order valence-corrected chi connectivity index (χ1v) is 14.1. The summed E-state index contributed by atoms with van der Waals surface area (Å²) in [4.78, 5) is 47.5. The molecule has 0 bridgehead atoms. The summed E-state index contributed by atoms with van der Waals surface area (Å²) in [6, 6.07) is 8.24. The van der Waals surface area contributed by atoms with E-state index in [1.165, 1.54) is 23.8 Å². The van der Waals surface area contributed by atoms with Crippen molar-refractivity contribution in [2.24, 2.45) is 7.05 Å². The Bertz CT molecular complexity index is 1580. The number of nitriles is 1. The fourth-order valence-corrected chi connectivity index (χ4v) is 5.24. The number of carboxylic acid groups (broad SMARTS) is 1. The highest BCUT2D eigenvalue weighted by Gasteiger charge is 2.38. The van der Waals surface area contributed by atoms with Crippen LogP contribution in [-0.4, -0.2) is 66.6 Å². The second-order valence-corrected chi connectivity index (χ2v) is 10.7. The second kappa shape index (κ2) is 14.0. The van der Waals surface area contributed by atoms with Crippen molar-refractivity contribution in [3.05, 3.63) is 71.3 Å². The van der Waals surface area contributed by atoms with E-state index in [9.17, 15) is 22.8 Å². The number of hydrogen-bond donors (Lipinski definition) is 3. The van der Waals surface area contributed by atoms with Gasteiger partial charge in [-0.25, -0.2) is 14.8 Å². The summed E-state index contributed by atoms with van der Waals surface area (Å²) in [6.45, 7) is 1.46. The molecule has 3 aromatic rings. The molecule has 44 heavy (non-hydrogen) atoms. The van der Waals surface area contributed by atoms with Crippen molar-refractivity contribution in [1.29, 1.82) is 5.26 Å².